The molecule has 0 spiro atoms. The number of nitrogens with two attached hydrogens (primary N) is 2. The Labute approximate surface area is 47.4 Å². The Morgan fingerprint density at radius 3 is 2.25 bits per heavy atom. The molecule has 4 N–H and O–H groups in total. The van der Waals surface area contributed by atoms with Crippen LogP contribution in [0, 0.1) is 0 Å². The molecule has 1 heterocycles. The van der Waals surface area contributed by atoms with E-state index in [1.807, 2.05) is 0 Å². The van der Waals surface area contributed by atoms with E-state index >= 15 is 0 Å². The predicted molar refractivity (Wildman–Crippen MR) is 28.6 cm³/mol. The first-order chi connectivity index (χ1) is 3.70. The second-order valence-corrected chi connectivity index (χ2v) is 2.13. The maximum absolute atomic E-state index is 12.3. The van der Waals surface area contributed by atoms with Crippen LogP contribution in [0.4, 0.5) is 4.39 Å². The van der Waals surface area contributed by atoms with E-state index in [9.17, 15) is 4.39 Å². The molecule has 0 aromatic rings. The average molecular weight is 119 g/mol. The summed E-state index contributed by atoms with van der Waals surface area (Å²) in [7, 11) is 0. The van der Waals surface area contributed by atoms with Gasteiger partial charge in [-0.15, -0.1) is 0 Å². The number of hydrazine groups is 1. The van der Waals surface area contributed by atoms with Crippen LogP contribution in [0.1, 0.15) is 0 Å². The lowest BCUT2D eigenvalue weighted by atomic mass is 10.3. The summed E-state index contributed by atoms with van der Waals surface area (Å²) >= 11 is 0. The standard InChI is InChI=1S/C4H10FN3/c5-3-1-8(7)2-4(3)6/h3-4H,1-2,6-7H2. The fourth-order valence-corrected chi connectivity index (χ4v) is 0.819. The highest BCUT2D eigenvalue weighted by molar-refractivity contribution is 4.83. The van der Waals surface area contributed by atoms with Crippen molar-refractivity contribution >= 4 is 0 Å². The van der Waals surface area contributed by atoms with Gasteiger partial charge in [0.25, 0.3) is 0 Å². The van der Waals surface area contributed by atoms with Crippen LogP contribution in [0.5, 0.6) is 0 Å². The molecule has 1 aliphatic heterocycles. The van der Waals surface area contributed by atoms with E-state index in [4.69, 9.17) is 11.6 Å². The molecule has 0 aromatic heterocycles. The second-order valence-electron chi connectivity index (χ2n) is 2.13. The Kier molecular flexibility index (Phi) is 1.46. The zero-order chi connectivity index (χ0) is 6.15. The highest BCUT2D eigenvalue weighted by atomic mass is 19.1. The molecule has 1 rings (SSSR count). The van der Waals surface area contributed by atoms with Crippen LogP contribution in [0.15, 0.2) is 0 Å². The molecule has 2 atom stereocenters. The summed E-state index contributed by atoms with van der Waals surface area (Å²) < 4.78 is 12.3. The molecule has 3 nitrogen and oxygen atoms in total. The quantitative estimate of drug-likeness (QED) is 0.395. The van der Waals surface area contributed by atoms with Crippen molar-refractivity contribution in [1.82, 2.24) is 5.01 Å². The fraction of sp³-hybridized carbons (Fsp3) is 1.00. The third-order valence-electron chi connectivity index (χ3n) is 1.32. The van der Waals surface area contributed by atoms with E-state index in [1.165, 1.54) is 5.01 Å². The predicted octanol–water partition coefficient (Wildman–Crippen LogP) is -1.16. The van der Waals surface area contributed by atoms with Gasteiger partial charge in [-0.1, -0.05) is 0 Å². The van der Waals surface area contributed by atoms with Crippen molar-refractivity contribution in [2.24, 2.45) is 11.6 Å². The number of hydrogen-bond donors (Lipinski definition) is 2. The van der Waals surface area contributed by atoms with Crippen molar-refractivity contribution in [1.29, 1.82) is 0 Å². The first-order valence-electron chi connectivity index (χ1n) is 2.59. The van der Waals surface area contributed by atoms with E-state index in [-0.39, 0.29) is 12.6 Å². The summed E-state index contributed by atoms with van der Waals surface area (Å²) in [5, 5.41) is 1.40. The van der Waals surface area contributed by atoms with Crippen LogP contribution >= 0.6 is 0 Å². The van der Waals surface area contributed by atoms with Gasteiger partial charge in [-0.3, -0.25) is 5.84 Å². The Morgan fingerprint density at radius 1 is 1.50 bits per heavy atom. The summed E-state index contributed by atoms with van der Waals surface area (Å²) in [5.74, 6) is 5.23. The maximum atomic E-state index is 12.3. The molecule has 0 bridgehead atoms. The number of alkyl halides is 1. The van der Waals surface area contributed by atoms with Gasteiger partial charge < -0.3 is 5.73 Å². The fourth-order valence-electron chi connectivity index (χ4n) is 0.819. The molecule has 0 saturated carbocycles. The first-order valence-corrected chi connectivity index (χ1v) is 2.59. The summed E-state index contributed by atoms with van der Waals surface area (Å²) in [6.07, 6.45) is -0.931. The molecular weight excluding hydrogens is 109 g/mol. The van der Waals surface area contributed by atoms with E-state index in [1.54, 1.807) is 0 Å². The van der Waals surface area contributed by atoms with Crippen molar-refractivity contribution in [3.8, 4) is 0 Å². The third-order valence-corrected chi connectivity index (χ3v) is 1.32. The van der Waals surface area contributed by atoms with Crippen molar-refractivity contribution in [2.75, 3.05) is 13.1 Å². The summed E-state index contributed by atoms with van der Waals surface area (Å²) in [5.41, 5.74) is 5.27. The third kappa shape index (κ3) is 0.964. The Balaban J connectivity index is 2.39. The minimum Gasteiger partial charge on any atom is -0.324 e. The van der Waals surface area contributed by atoms with Crippen molar-refractivity contribution < 1.29 is 4.39 Å². The highest BCUT2D eigenvalue weighted by Crippen LogP contribution is 2.06. The molecule has 1 fully saturated rings. The summed E-state index contributed by atoms with van der Waals surface area (Å²) in [4.78, 5) is 0. The number of rotatable bonds is 0. The minimum atomic E-state index is -0.931. The van der Waals surface area contributed by atoms with Gasteiger partial charge in [-0.05, 0) is 0 Å². The average Bonchev–Trinajstić information content (AvgIpc) is 1.85. The first kappa shape index (κ1) is 5.94. The summed E-state index contributed by atoms with van der Waals surface area (Å²) in [6.45, 7) is 0.752. The number of hydrogen-bond acceptors (Lipinski definition) is 3. The van der Waals surface area contributed by atoms with Gasteiger partial charge in [0.2, 0.25) is 0 Å². The Bertz CT molecular complexity index is 77.4. The molecule has 1 aliphatic rings. The topological polar surface area (TPSA) is 55.3 Å². The molecular formula is C4H10FN3. The van der Waals surface area contributed by atoms with Crippen molar-refractivity contribution in [3.05, 3.63) is 0 Å². The zero-order valence-corrected chi connectivity index (χ0v) is 4.55. The maximum Gasteiger partial charge on any atom is 0.130 e. The van der Waals surface area contributed by atoms with Gasteiger partial charge >= 0.3 is 0 Å². The molecule has 2 unspecified atom stereocenters. The molecule has 0 aliphatic carbocycles. The summed E-state index contributed by atoms with van der Waals surface area (Å²) in [6, 6.07) is -0.375. The molecule has 0 amide bonds. The number of halogens is 1. The number of nitrogens with zero attached hydrogens (tertiary/aromatic N) is 1. The van der Waals surface area contributed by atoms with Crippen LogP contribution < -0.4 is 11.6 Å². The van der Waals surface area contributed by atoms with Gasteiger partial charge in [0.05, 0.1) is 6.04 Å². The zero-order valence-electron chi connectivity index (χ0n) is 4.55. The van der Waals surface area contributed by atoms with Gasteiger partial charge in [0.15, 0.2) is 0 Å². The Hall–Kier alpha value is -0.190. The van der Waals surface area contributed by atoms with Crippen LogP contribution in [0.25, 0.3) is 0 Å². The molecule has 8 heavy (non-hydrogen) atoms. The van der Waals surface area contributed by atoms with E-state index in [0.717, 1.165) is 0 Å². The van der Waals surface area contributed by atoms with Crippen LogP contribution in [-0.2, 0) is 0 Å². The van der Waals surface area contributed by atoms with Crippen LogP contribution in [-0.4, -0.2) is 30.3 Å². The molecule has 4 heteroatoms. The molecule has 1 saturated heterocycles. The van der Waals surface area contributed by atoms with E-state index in [2.05, 4.69) is 0 Å². The van der Waals surface area contributed by atoms with E-state index < -0.39 is 6.17 Å². The van der Waals surface area contributed by atoms with Crippen molar-refractivity contribution in [2.45, 2.75) is 12.2 Å². The second kappa shape index (κ2) is 1.97. The Morgan fingerprint density at radius 2 is 2.12 bits per heavy atom. The lowest BCUT2D eigenvalue weighted by Gasteiger charge is -2.02. The largest absolute Gasteiger partial charge is 0.324 e. The van der Waals surface area contributed by atoms with Crippen LogP contribution in [0.3, 0.4) is 0 Å². The van der Waals surface area contributed by atoms with Gasteiger partial charge in [0.1, 0.15) is 6.17 Å². The lowest BCUT2D eigenvalue weighted by Crippen LogP contribution is -2.32. The molecule has 48 valence electrons. The lowest BCUT2D eigenvalue weighted by molar-refractivity contribution is 0.290. The SMILES string of the molecule is NC1CN(N)CC1F. The van der Waals surface area contributed by atoms with Gasteiger partial charge in [-0.25, -0.2) is 9.40 Å². The van der Waals surface area contributed by atoms with Crippen LogP contribution in [0.2, 0.25) is 0 Å². The molecule has 0 radical (unpaired) electrons. The normalized spacial score (nSPS) is 40.9. The monoisotopic (exact) mass is 119 g/mol. The smallest absolute Gasteiger partial charge is 0.130 e. The minimum absolute atomic E-state index is 0.279. The highest BCUT2D eigenvalue weighted by Gasteiger charge is 2.27. The molecule has 0 aromatic carbocycles. The van der Waals surface area contributed by atoms with E-state index in [0.29, 0.717) is 6.54 Å². The van der Waals surface area contributed by atoms with Gasteiger partial charge in [-0.2, -0.15) is 0 Å². The van der Waals surface area contributed by atoms with Gasteiger partial charge in [0, 0.05) is 13.1 Å². The van der Waals surface area contributed by atoms with Crippen molar-refractivity contribution in [3.63, 3.8) is 0 Å².